The molecular formula is C61H71BrN2S2. The number of nitrogens with two attached hydrogens (primary N) is 2. The number of fused-ring (bicyclic) bond motifs is 4. The SMILES string of the molecule is BrCCCCCCCCCCc1c2ccccc2c(-c2ccccc2)c2ccccc12.NC(N)=S.SCCCCCCCCCCc1c2ccccc2c(-c2ccccc2)c2ccccc12. The second-order valence-electron chi connectivity index (χ2n) is 17.6. The van der Waals surface area contributed by atoms with Gasteiger partial charge in [0.2, 0.25) is 0 Å². The summed E-state index contributed by atoms with van der Waals surface area (Å²) in [5, 5.41) is 12.4. The summed E-state index contributed by atoms with van der Waals surface area (Å²) >= 11 is 11.9. The van der Waals surface area contributed by atoms with Gasteiger partial charge in [-0.3, -0.25) is 0 Å². The van der Waals surface area contributed by atoms with Gasteiger partial charge < -0.3 is 11.5 Å². The van der Waals surface area contributed by atoms with Crippen LogP contribution < -0.4 is 11.5 Å². The molecule has 0 aliphatic heterocycles. The number of halogens is 1. The predicted molar refractivity (Wildman–Crippen MR) is 304 cm³/mol. The first-order chi connectivity index (χ1) is 32.5. The molecule has 5 heteroatoms. The Morgan fingerprint density at radius 3 is 0.879 bits per heavy atom. The lowest BCUT2D eigenvalue weighted by molar-refractivity contribution is 0.577. The van der Waals surface area contributed by atoms with Crippen molar-refractivity contribution in [1.82, 2.24) is 0 Å². The van der Waals surface area contributed by atoms with Crippen LogP contribution in [-0.2, 0) is 12.8 Å². The highest BCUT2D eigenvalue weighted by molar-refractivity contribution is 9.09. The quantitative estimate of drug-likeness (QED) is 0.0209. The van der Waals surface area contributed by atoms with E-state index in [4.69, 9.17) is 0 Å². The highest BCUT2D eigenvalue weighted by Gasteiger charge is 2.16. The molecule has 0 saturated heterocycles. The molecule has 0 saturated carbocycles. The van der Waals surface area contributed by atoms with Crippen molar-refractivity contribution < 1.29 is 0 Å². The Hall–Kier alpha value is -4.68. The fourth-order valence-corrected chi connectivity index (χ4v) is 10.4. The summed E-state index contributed by atoms with van der Waals surface area (Å²) in [6, 6.07) is 57.8. The van der Waals surface area contributed by atoms with Crippen LogP contribution in [0.3, 0.4) is 0 Å². The van der Waals surface area contributed by atoms with E-state index in [1.807, 2.05) is 0 Å². The van der Waals surface area contributed by atoms with Crippen molar-refractivity contribution in [1.29, 1.82) is 0 Å². The van der Waals surface area contributed by atoms with Gasteiger partial charge in [-0.1, -0.05) is 251 Å². The zero-order chi connectivity index (χ0) is 46.2. The highest BCUT2D eigenvalue weighted by Crippen LogP contribution is 2.41. The fourth-order valence-electron chi connectivity index (χ4n) is 9.74. The molecule has 0 radical (unpaired) electrons. The molecule has 8 rings (SSSR count). The van der Waals surface area contributed by atoms with Gasteiger partial charge in [-0.25, -0.2) is 0 Å². The third-order valence-electron chi connectivity index (χ3n) is 12.9. The first kappa shape index (κ1) is 50.7. The average molecular weight is 976 g/mol. The monoisotopic (exact) mass is 974 g/mol. The van der Waals surface area contributed by atoms with E-state index >= 15 is 0 Å². The van der Waals surface area contributed by atoms with E-state index < -0.39 is 0 Å². The normalized spacial score (nSPS) is 11.1. The van der Waals surface area contributed by atoms with E-state index in [-0.39, 0.29) is 5.11 Å². The largest absolute Gasteiger partial charge is 0.377 e. The average Bonchev–Trinajstić information content (AvgIpc) is 3.35. The second-order valence-corrected chi connectivity index (χ2v) is 19.3. The summed E-state index contributed by atoms with van der Waals surface area (Å²) in [7, 11) is 0. The molecule has 0 fully saturated rings. The number of thiol groups is 1. The molecule has 8 aromatic carbocycles. The number of aryl methyl sites for hydroxylation is 2. The molecule has 2 nitrogen and oxygen atoms in total. The van der Waals surface area contributed by atoms with E-state index in [0.717, 1.165) is 17.5 Å². The first-order valence-electron chi connectivity index (χ1n) is 24.7. The van der Waals surface area contributed by atoms with Crippen LogP contribution in [0.4, 0.5) is 0 Å². The minimum Gasteiger partial charge on any atom is -0.377 e. The number of benzene rings is 8. The van der Waals surface area contributed by atoms with Gasteiger partial charge in [-0.2, -0.15) is 12.6 Å². The van der Waals surface area contributed by atoms with Crippen LogP contribution in [0.15, 0.2) is 158 Å². The number of unbranched alkanes of at least 4 members (excludes halogenated alkanes) is 14. The fraction of sp³-hybridized carbons (Fsp3) is 0.328. The summed E-state index contributed by atoms with van der Waals surface area (Å²) in [4.78, 5) is 0. The lowest BCUT2D eigenvalue weighted by atomic mass is 9.87. The minimum absolute atomic E-state index is 0.000000000000000222. The molecule has 0 spiro atoms. The zero-order valence-electron chi connectivity index (χ0n) is 39.0. The molecule has 0 aliphatic rings. The van der Waals surface area contributed by atoms with Gasteiger partial charge in [-0.15, -0.1) is 0 Å². The molecule has 0 aliphatic carbocycles. The molecule has 4 N–H and O–H groups in total. The van der Waals surface area contributed by atoms with Gasteiger partial charge in [-0.05, 0) is 133 Å². The summed E-state index contributed by atoms with van der Waals surface area (Å²) < 4.78 is 0. The zero-order valence-corrected chi connectivity index (χ0v) is 42.3. The van der Waals surface area contributed by atoms with Crippen LogP contribution in [0.25, 0.3) is 65.3 Å². The van der Waals surface area contributed by atoms with Gasteiger partial charge in [0.05, 0.1) is 0 Å². The van der Waals surface area contributed by atoms with Gasteiger partial charge in [0, 0.05) is 5.33 Å². The summed E-state index contributed by atoms with van der Waals surface area (Å²) in [5.41, 5.74) is 17.7. The Bertz CT molecular complexity index is 2380. The van der Waals surface area contributed by atoms with Gasteiger partial charge in [0.15, 0.2) is 5.11 Å². The number of hydrogen-bond acceptors (Lipinski definition) is 2. The minimum atomic E-state index is 0.000000000000000222. The number of thiocarbonyl (C=S) groups is 1. The van der Waals surface area contributed by atoms with E-state index in [1.54, 1.807) is 0 Å². The number of hydrogen-bond donors (Lipinski definition) is 3. The third kappa shape index (κ3) is 14.7. The van der Waals surface area contributed by atoms with Crippen LogP contribution in [0.2, 0.25) is 0 Å². The van der Waals surface area contributed by atoms with Gasteiger partial charge in [0.1, 0.15) is 0 Å². The van der Waals surface area contributed by atoms with Crippen molar-refractivity contribution in [3.05, 3.63) is 169 Å². The van der Waals surface area contributed by atoms with Crippen LogP contribution in [0.5, 0.6) is 0 Å². The van der Waals surface area contributed by atoms with Crippen LogP contribution in [0, 0.1) is 0 Å². The number of rotatable bonds is 22. The molecular weight excluding hydrogens is 905 g/mol. The molecule has 66 heavy (non-hydrogen) atoms. The Kier molecular flexibility index (Phi) is 21.9. The van der Waals surface area contributed by atoms with Crippen LogP contribution in [0.1, 0.15) is 114 Å². The Labute approximate surface area is 415 Å². The van der Waals surface area contributed by atoms with Gasteiger partial charge in [0.25, 0.3) is 0 Å². The smallest absolute Gasteiger partial charge is 0.160 e. The number of alkyl halides is 1. The standard InChI is InChI=1S/C30H33Br.C30H34S.CH4N2S/c2*31-23-15-6-4-2-1-3-5-10-18-25-26-19-11-13-21-28(26)30(24-16-8-7-9-17-24)29-22-14-12-20-27(25)29;2-1(3)4/h7-9,11-14,16-17,19-22H,1-6,10,15,18,23H2;7-9,11-14,16-17,19-22,31H,1-6,10,15,18,23H2;(H4,2,3,4). The maximum absolute atomic E-state index is 4.62. The van der Waals surface area contributed by atoms with Crippen molar-refractivity contribution >= 4 is 89.0 Å². The van der Waals surface area contributed by atoms with Crippen molar-refractivity contribution in [2.24, 2.45) is 11.5 Å². The van der Waals surface area contributed by atoms with Crippen LogP contribution in [-0.4, -0.2) is 16.2 Å². The van der Waals surface area contributed by atoms with E-state index in [1.165, 1.54) is 186 Å². The molecule has 0 aromatic heterocycles. The summed E-state index contributed by atoms with van der Waals surface area (Å²) in [6.45, 7) is 0. The third-order valence-corrected chi connectivity index (χ3v) is 13.7. The summed E-state index contributed by atoms with van der Waals surface area (Å²) in [5.74, 6) is 1.03. The van der Waals surface area contributed by atoms with Crippen molar-refractivity contribution in [2.45, 2.75) is 116 Å². The Morgan fingerprint density at radius 1 is 0.348 bits per heavy atom. The molecule has 0 unspecified atom stereocenters. The van der Waals surface area contributed by atoms with Crippen LogP contribution >= 0.6 is 40.8 Å². The Balaban J connectivity index is 0.000000202. The second kappa shape index (κ2) is 28.5. The maximum Gasteiger partial charge on any atom is 0.160 e. The van der Waals surface area contributed by atoms with E-state index in [2.05, 4.69) is 210 Å². The van der Waals surface area contributed by atoms with E-state index in [9.17, 15) is 0 Å². The van der Waals surface area contributed by atoms with Gasteiger partial charge >= 0.3 is 0 Å². The topological polar surface area (TPSA) is 52.0 Å². The lowest BCUT2D eigenvalue weighted by Crippen LogP contribution is -2.18. The predicted octanol–water partition coefficient (Wildman–Crippen LogP) is 18.2. The van der Waals surface area contributed by atoms with Crippen molar-refractivity contribution in [3.8, 4) is 22.3 Å². The summed E-state index contributed by atoms with van der Waals surface area (Å²) in [6.07, 6.45) is 23.9. The molecule has 0 bridgehead atoms. The highest BCUT2D eigenvalue weighted by atomic mass is 79.9. The van der Waals surface area contributed by atoms with Crippen molar-refractivity contribution in [2.75, 3.05) is 11.1 Å². The van der Waals surface area contributed by atoms with E-state index in [0.29, 0.717) is 0 Å². The first-order valence-corrected chi connectivity index (χ1v) is 26.9. The van der Waals surface area contributed by atoms with Crippen molar-refractivity contribution in [3.63, 3.8) is 0 Å². The maximum atomic E-state index is 4.62. The lowest BCUT2D eigenvalue weighted by Gasteiger charge is -2.17. The molecule has 0 heterocycles. The molecule has 344 valence electrons. The molecule has 8 aromatic rings. The molecule has 0 amide bonds. The molecule has 0 atom stereocenters. The Morgan fingerprint density at radius 2 is 0.591 bits per heavy atom.